The standard InChI is InChI=1S/C22H29N5O4S/c1-17-3-2-9-27(16-17)32(28,29)19-6-4-18(5-7-19)21-25-20(15-23)22(31-21)24-8-10-26-11-13-30-14-12-26/h4-7,17,24H,2-3,8-14,16H2,1H3/t17-/m0/s1. The third-order valence-corrected chi connectivity index (χ3v) is 7.79. The first-order valence-corrected chi connectivity index (χ1v) is 12.5. The van der Waals surface area contributed by atoms with Crippen LogP contribution in [-0.2, 0) is 14.8 Å². The Morgan fingerprint density at radius 3 is 2.66 bits per heavy atom. The number of anilines is 1. The summed E-state index contributed by atoms with van der Waals surface area (Å²) in [4.78, 5) is 6.81. The average molecular weight is 460 g/mol. The normalized spacial score (nSPS) is 20.7. The number of aromatic nitrogens is 1. The minimum absolute atomic E-state index is 0.181. The lowest BCUT2D eigenvalue weighted by Gasteiger charge is -2.30. The third kappa shape index (κ3) is 5.13. The molecule has 9 nitrogen and oxygen atoms in total. The van der Waals surface area contributed by atoms with Gasteiger partial charge in [-0.05, 0) is 43.0 Å². The second kappa shape index (κ2) is 10.0. The monoisotopic (exact) mass is 459 g/mol. The van der Waals surface area contributed by atoms with E-state index in [1.54, 1.807) is 28.6 Å². The molecule has 2 aromatic rings. The number of sulfonamides is 1. The molecule has 2 fully saturated rings. The molecule has 2 aliphatic rings. The lowest BCUT2D eigenvalue weighted by atomic mass is 10.0. The van der Waals surface area contributed by atoms with E-state index < -0.39 is 10.0 Å². The summed E-state index contributed by atoms with van der Waals surface area (Å²) >= 11 is 0. The molecule has 2 saturated heterocycles. The van der Waals surface area contributed by atoms with E-state index in [9.17, 15) is 13.7 Å². The Kier molecular flexibility index (Phi) is 7.10. The van der Waals surface area contributed by atoms with Gasteiger partial charge in [0, 0.05) is 44.8 Å². The molecule has 1 aromatic heterocycles. The fraction of sp³-hybridized carbons (Fsp3) is 0.545. The fourth-order valence-electron chi connectivity index (χ4n) is 4.07. The van der Waals surface area contributed by atoms with Crippen LogP contribution in [0.1, 0.15) is 25.5 Å². The minimum atomic E-state index is -3.52. The molecule has 10 heteroatoms. The number of hydrogen-bond acceptors (Lipinski definition) is 8. The molecular weight excluding hydrogens is 430 g/mol. The average Bonchev–Trinajstić information content (AvgIpc) is 3.23. The van der Waals surface area contributed by atoms with Crippen molar-refractivity contribution in [3.8, 4) is 17.5 Å². The zero-order valence-corrected chi connectivity index (χ0v) is 19.1. The molecule has 4 rings (SSSR count). The van der Waals surface area contributed by atoms with Crippen LogP contribution in [0.25, 0.3) is 11.5 Å². The Labute approximate surface area is 189 Å². The van der Waals surface area contributed by atoms with E-state index in [4.69, 9.17) is 9.15 Å². The molecule has 1 N–H and O–H groups in total. The van der Waals surface area contributed by atoms with E-state index in [0.29, 0.717) is 37.0 Å². The van der Waals surface area contributed by atoms with Gasteiger partial charge < -0.3 is 14.5 Å². The lowest BCUT2D eigenvalue weighted by Crippen LogP contribution is -2.39. The Morgan fingerprint density at radius 1 is 1.22 bits per heavy atom. The van der Waals surface area contributed by atoms with Crippen LogP contribution in [-0.4, -0.2) is 75.1 Å². The van der Waals surface area contributed by atoms with Gasteiger partial charge in [0.05, 0.1) is 18.1 Å². The molecule has 0 spiro atoms. The quantitative estimate of drug-likeness (QED) is 0.672. The van der Waals surface area contributed by atoms with Crippen LogP contribution in [0, 0.1) is 17.2 Å². The van der Waals surface area contributed by atoms with Gasteiger partial charge in [-0.1, -0.05) is 6.92 Å². The van der Waals surface area contributed by atoms with Crippen LogP contribution in [0.4, 0.5) is 5.88 Å². The highest BCUT2D eigenvalue weighted by molar-refractivity contribution is 7.89. The molecular formula is C22H29N5O4S. The molecule has 1 aromatic carbocycles. The van der Waals surface area contributed by atoms with Crippen molar-refractivity contribution in [3.05, 3.63) is 30.0 Å². The smallest absolute Gasteiger partial charge is 0.243 e. The highest BCUT2D eigenvalue weighted by Crippen LogP contribution is 2.28. The SMILES string of the molecule is C[C@H]1CCCN(S(=O)(=O)c2ccc(-c3nc(C#N)c(NCCN4CCOCC4)o3)cc2)C1. The Balaban J connectivity index is 1.44. The molecule has 2 aliphatic heterocycles. The molecule has 0 bridgehead atoms. The van der Waals surface area contributed by atoms with Crippen molar-refractivity contribution in [2.24, 2.45) is 5.92 Å². The van der Waals surface area contributed by atoms with Crippen LogP contribution in [0.3, 0.4) is 0 Å². The second-order valence-electron chi connectivity index (χ2n) is 8.32. The van der Waals surface area contributed by atoms with E-state index >= 15 is 0 Å². The maximum atomic E-state index is 13.0. The van der Waals surface area contributed by atoms with Gasteiger partial charge in [-0.2, -0.15) is 14.6 Å². The number of nitrogens with one attached hydrogen (secondary N) is 1. The number of oxazole rings is 1. The van der Waals surface area contributed by atoms with Gasteiger partial charge in [-0.25, -0.2) is 8.42 Å². The zero-order chi connectivity index (χ0) is 22.6. The molecule has 0 saturated carbocycles. The van der Waals surface area contributed by atoms with Crippen molar-refractivity contribution in [3.63, 3.8) is 0 Å². The largest absolute Gasteiger partial charge is 0.419 e. The Bertz CT molecular complexity index is 1050. The van der Waals surface area contributed by atoms with Crippen molar-refractivity contribution >= 4 is 15.9 Å². The first-order chi connectivity index (χ1) is 15.5. The summed E-state index contributed by atoms with van der Waals surface area (Å²) in [6.45, 7) is 7.86. The van der Waals surface area contributed by atoms with Gasteiger partial charge in [0.1, 0.15) is 6.07 Å². The first-order valence-electron chi connectivity index (χ1n) is 11.0. The van der Waals surface area contributed by atoms with E-state index in [2.05, 4.69) is 28.2 Å². The molecule has 172 valence electrons. The van der Waals surface area contributed by atoms with Crippen LogP contribution in [0.5, 0.6) is 0 Å². The van der Waals surface area contributed by atoms with E-state index in [-0.39, 0.29) is 16.5 Å². The maximum Gasteiger partial charge on any atom is 0.243 e. The van der Waals surface area contributed by atoms with Crippen LogP contribution >= 0.6 is 0 Å². The molecule has 0 amide bonds. The predicted molar refractivity (Wildman–Crippen MR) is 120 cm³/mol. The summed E-state index contributed by atoms with van der Waals surface area (Å²) in [5.74, 6) is 0.976. The molecule has 3 heterocycles. The maximum absolute atomic E-state index is 13.0. The van der Waals surface area contributed by atoms with Crippen molar-refractivity contribution in [2.75, 3.05) is 57.8 Å². The highest BCUT2D eigenvalue weighted by Gasteiger charge is 2.28. The van der Waals surface area contributed by atoms with Crippen LogP contribution < -0.4 is 5.32 Å². The first kappa shape index (κ1) is 22.7. The van der Waals surface area contributed by atoms with Gasteiger partial charge in [0.15, 0.2) is 0 Å². The van der Waals surface area contributed by atoms with E-state index in [0.717, 1.165) is 45.7 Å². The third-order valence-electron chi connectivity index (χ3n) is 5.91. The summed E-state index contributed by atoms with van der Waals surface area (Å²) in [6.07, 6.45) is 1.94. The van der Waals surface area contributed by atoms with Crippen molar-refractivity contribution in [1.29, 1.82) is 5.26 Å². The molecule has 0 aliphatic carbocycles. The predicted octanol–water partition coefficient (Wildman–Crippen LogP) is 2.38. The van der Waals surface area contributed by atoms with Gasteiger partial charge in [0.2, 0.25) is 27.5 Å². The number of nitrogens with zero attached hydrogens (tertiary/aromatic N) is 4. The van der Waals surface area contributed by atoms with Crippen molar-refractivity contribution in [2.45, 2.75) is 24.7 Å². The van der Waals surface area contributed by atoms with Crippen LogP contribution in [0.15, 0.2) is 33.6 Å². The number of nitriles is 1. The summed E-state index contributed by atoms with van der Waals surface area (Å²) in [7, 11) is -3.52. The molecule has 0 radical (unpaired) electrons. The number of morpholine rings is 1. The van der Waals surface area contributed by atoms with Gasteiger partial charge in [-0.3, -0.25) is 4.90 Å². The zero-order valence-electron chi connectivity index (χ0n) is 18.3. The number of rotatable bonds is 7. The van der Waals surface area contributed by atoms with Gasteiger partial charge in [-0.15, -0.1) is 0 Å². The fourth-order valence-corrected chi connectivity index (χ4v) is 5.67. The number of hydrogen-bond donors (Lipinski definition) is 1. The summed E-state index contributed by atoms with van der Waals surface area (Å²) in [5, 5.41) is 12.6. The molecule has 0 unspecified atom stereocenters. The Hall–Kier alpha value is -2.45. The molecule has 32 heavy (non-hydrogen) atoms. The highest BCUT2D eigenvalue weighted by atomic mass is 32.2. The van der Waals surface area contributed by atoms with Gasteiger partial charge >= 0.3 is 0 Å². The summed E-state index contributed by atoms with van der Waals surface area (Å²) in [5.41, 5.74) is 0.801. The van der Waals surface area contributed by atoms with Gasteiger partial charge in [0.25, 0.3) is 0 Å². The van der Waals surface area contributed by atoms with E-state index in [1.807, 2.05) is 0 Å². The minimum Gasteiger partial charge on any atom is -0.419 e. The summed E-state index contributed by atoms with van der Waals surface area (Å²) in [6, 6.07) is 8.55. The topological polar surface area (TPSA) is 112 Å². The lowest BCUT2D eigenvalue weighted by molar-refractivity contribution is 0.0398. The second-order valence-corrected chi connectivity index (χ2v) is 10.3. The van der Waals surface area contributed by atoms with Crippen molar-refractivity contribution < 1.29 is 17.6 Å². The van der Waals surface area contributed by atoms with Crippen LogP contribution in [0.2, 0.25) is 0 Å². The summed E-state index contributed by atoms with van der Waals surface area (Å²) < 4.78 is 38.6. The number of ether oxygens (including phenoxy) is 1. The Morgan fingerprint density at radius 2 is 1.97 bits per heavy atom. The van der Waals surface area contributed by atoms with E-state index in [1.165, 1.54) is 0 Å². The number of benzene rings is 1. The molecule has 1 atom stereocenters. The number of piperidine rings is 1. The van der Waals surface area contributed by atoms with Crippen molar-refractivity contribution in [1.82, 2.24) is 14.2 Å².